The number of thioether (sulfide) groups is 2. The number of nitrogens with one attached hydrogen (secondary N) is 8. The second-order valence-electron chi connectivity index (χ2n) is 27.9. The van der Waals surface area contributed by atoms with E-state index < -0.39 is 144 Å². The van der Waals surface area contributed by atoms with E-state index in [0.717, 1.165) is 11.1 Å². The van der Waals surface area contributed by atoms with Crippen LogP contribution >= 0.6 is 23.5 Å². The minimum Gasteiger partial charge on any atom is -0.480 e. The van der Waals surface area contributed by atoms with Gasteiger partial charge in [-0.15, -0.1) is 0 Å². The fraction of sp³-hybridized carbons (Fsp3) is 0.649. The molecule has 2 bridgehead atoms. The molecule has 111 heavy (non-hydrogen) atoms. The minimum absolute atomic E-state index is 0.00441. The number of amides is 11. The molecule has 6 rings (SSSR count). The number of ether oxygens (including phenoxy) is 3. The summed E-state index contributed by atoms with van der Waals surface area (Å²) in [6.07, 6.45) is 0.413. The molecule has 4 heterocycles. The molecule has 4 aliphatic rings. The Labute approximate surface area is 655 Å². The third-order valence-electron chi connectivity index (χ3n) is 19.0. The summed E-state index contributed by atoms with van der Waals surface area (Å²) in [6.45, 7) is 8.15. The maximum absolute atomic E-state index is 15.1. The van der Waals surface area contributed by atoms with Crippen molar-refractivity contribution in [3.63, 3.8) is 0 Å². The number of hydrogen-bond donors (Lipinski definition) is 13. The van der Waals surface area contributed by atoms with Gasteiger partial charge in [0.2, 0.25) is 65.0 Å². The Hall–Kier alpha value is -8.56. The molecule has 35 nitrogen and oxygen atoms in total. The topological polar surface area (TPSA) is 486 Å². The van der Waals surface area contributed by atoms with Gasteiger partial charge in [-0.2, -0.15) is 23.5 Å². The molecule has 37 heteroatoms. The Bertz CT molecular complexity index is 3380. The molecule has 616 valence electrons. The van der Waals surface area contributed by atoms with Crippen molar-refractivity contribution in [2.24, 2.45) is 5.73 Å². The van der Waals surface area contributed by atoms with Gasteiger partial charge in [0.25, 0.3) is 0 Å². The molecule has 0 radical (unpaired) electrons. The van der Waals surface area contributed by atoms with Crippen LogP contribution in [0.3, 0.4) is 0 Å². The number of benzene rings is 2. The fourth-order valence-electron chi connectivity index (χ4n) is 13.0. The number of carboxylic acid groups (broad SMARTS) is 3. The van der Waals surface area contributed by atoms with Gasteiger partial charge in [-0.05, 0) is 75.0 Å². The van der Waals surface area contributed by atoms with Crippen LogP contribution in [-0.2, 0) is 99.3 Å². The van der Waals surface area contributed by atoms with Crippen molar-refractivity contribution < 1.29 is 102 Å². The number of nitrogens with zero attached hydrogens (tertiary/aromatic N) is 5. The van der Waals surface area contributed by atoms with Crippen LogP contribution in [0, 0.1) is 0 Å². The third kappa shape index (κ3) is 33.7. The summed E-state index contributed by atoms with van der Waals surface area (Å²) >= 11 is 2.53. The van der Waals surface area contributed by atoms with Crippen LogP contribution in [0.1, 0.15) is 114 Å². The molecule has 9 atom stereocenters. The number of rotatable bonds is 36. The van der Waals surface area contributed by atoms with Crippen LogP contribution in [0.5, 0.6) is 0 Å². The molecule has 14 N–H and O–H groups in total. The summed E-state index contributed by atoms with van der Waals surface area (Å²) in [5.74, 6) is -10.4. The van der Waals surface area contributed by atoms with Gasteiger partial charge in [-0.3, -0.25) is 77.0 Å². The van der Waals surface area contributed by atoms with Gasteiger partial charge >= 0.3 is 17.9 Å². The summed E-state index contributed by atoms with van der Waals surface area (Å²) in [5, 5.41) is 61.5. The van der Waals surface area contributed by atoms with Crippen LogP contribution in [0.4, 0.5) is 0 Å². The maximum Gasteiger partial charge on any atom is 0.327 e. The summed E-state index contributed by atoms with van der Waals surface area (Å²) in [7, 11) is 0. The van der Waals surface area contributed by atoms with Crippen molar-refractivity contribution >= 4 is 106 Å². The van der Waals surface area contributed by atoms with Crippen molar-refractivity contribution in [2.45, 2.75) is 170 Å². The summed E-state index contributed by atoms with van der Waals surface area (Å²) in [6, 6.07) is 5.08. The average molecular weight is 1600 g/mol. The second kappa shape index (κ2) is 49.7. The predicted molar refractivity (Wildman–Crippen MR) is 409 cm³/mol. The van der Waals surface area contributed by atoms with Gasteiger partial charge in [0, 0.05) is 127 Å². The van der Waals surface area contributed by atoms with Gasteiger partial charge in [-0.1, -0.05) is 74.4 Å². The van der Waals surface area contributed by atoms with E-state index in [1.807, 2.05) is 36.1 Å². The van der Waals surface area contributed by atoms with Gasteiger partial charge in [0.1, 0.15) is 48.3 Å². The zero-order chi connectivity index (χ0) is 80.6. The lowest BCUT2D eigenvalue weighted by Crippen LogP contribution is -2.61. The maximum atomic E-state index is 15.1. The Morgan fingerprint density at radius 2 is 1.11 bits per heavy atom. The van der Waals surface area contributed by atoms with E-state index in [-0.39, 0.29) is 102 Å². The average Bonchev–Trinajstić information content (AvgIpc) is 1.67. The smallest absolute Gasteiger partial charge is 0.327 e. The van der Waals surface area contributed by atoms with E-state index in [1.165, 1.54) is 40.2 Å². The molecule has 0 saturated carbocycles. The van der Waals surface area contributed by atoms with Crippen molar-refractivity contribution in [3.05, 3.63) is 71.3 Å². The Morgan fingerprint density at radius 3 is 1.68 bits per heavy atom. The molecule has 11 amide bonds. The summed E-state index contributed by atoms with van der Waals surface area (Å²) in [5.41, 5.74) is 7.67. The number of hydrogen-bond acceptors (Lipinski definition) is 23. The predicted octanol–water partition coefficient (Wildman–Crippen LogP) is -1.85. The highest BCUT2D eigenvalue weighted by molar-refractivity contribution is 7.98. The summed E-state index contributed by atoms with van der Waals surface area (Å²) in [4.78, 5) is 196. The normalized spacial score (nSPS) is 22.0. The molecular formula is C74H112N14O21S2. The highest BCUT2D eigenvalue weighted by Crippen LogP contribution is 2.28. The first-order valence-corrected chi connectivity index (χ1v) is 40.4. The Kier molecular flexibility index (Phi) is 40.9. The van der Waals surface area contributed by atoms with Gasteiger partial charge in [-0.25, -0.2) is 4.79 Å². The number of aliphatic hydroxyl groups is 1. The van der Waals surface area contributed by atoms with Crippen molar-refractivity contribution in [3.8, 4) is 0 Å². The molecule has 0 aliphatic carbocycles. The SMILES string of the molecule is CCCC[C@H](NC(=O)CCC(=O)NCCCOCCOCCOCCCNC(=O)CN1CCN(CC(=O)O)CCN(CC(=O)O)CC1)C(=O)N[C@H]1CSCc2cccc(c2)CSC[C@@H](C(=O)O)NC(=O)[C@H](Cc2ccccc2)NC(=O)[C@H](CCC(N)=O)NC(=O)[C@H]([C@@H](C)O)NC(=O)[C@@H]2CCCN2C(=O)[C@@H]2CCCN2C1=O. The molecule has 2 aromatic rings. The zero-order valence-electron chi connectivity index (χ0n) is 63.4. The van der Waals surface area contributed by atoms with E-state index in [9.17, 15) is 82.8 Å². The van der Waals surface area contributed by atoms with Gasteiger partial charge in [0.05, 0.1) is 52.2 Å². The molecule has 0 aromatic heterocycles. The number of carbonyl (C=O) groups is 14. The Balaban J connectivity index is 1.01. The van der Waals surface area contributed by atoms with Crippen molar-refractivity contribution in [1.29, 1.82) is 0 Å². The van der Waals surface area contributed by atoms with E-state index in [0.29, 0.717) is 134 Å². The van der Waals surface area contributed by atoms with Crippen LogP contribution in [0.25, 0.3) is 0 Å². The van der Waals surface area contributed by atoms with Crippen LogP contribution in [-0.4, -0.2) is 318 Å². The molecular weight excluding hydrogens is 1490 g/mol. The van der Waals surface area contributed by atoms with Crippen molar-refractivity contribution in [2.75, 3.05) is 136 Å². The van der Waals surface area contributed by atoms with Gasteiger partial charge in [0.15, 0.2) is 0 Å². The fourth-order valence-corrected chi connectivity index (χ4v) is 15.0. The third-order valence-corrected chi connectivity index (χ3v) is 21.2. The van der Waals surface area contributed by atoms with E-state index in [4.69, 9.17) is 19.9 Å². The number of carboxylic acids is 3. The summed E-state index contributed by atoms with van der Waals surface area (Å²) < 4.78 is 16.8. The first kappa shape index (κ1) is 91.3. The first-order valence-electron chi connectivity index (χ1n) is 38.0. The molecule has 4 aliphatic heterocycles. The van der Waals surface area contributed by atoms with Crippen LogP contribution in [0.2, 0.25) is 0 Å². The van der Waals surface area contributed by atoms with Crippen LogP contribution in [0.15, 0.2) is 54.6 Å². The minimum atomic E-state index is -1.74. The lowest BCUT2D eigenvalue weighted by Gasteiger charge is -2.34. The van der Waals surface area contributed by atoms with Crippen LogP contribution < -0.4 is 48.3 Å². The van der Waals surface area contributed by atoms with Crippen molar-refractivity contribution in [1.82, 2.24) is 67.0 Å². The second-order valence-corrected chi connectivity index (χ2v) is 29.9. The highest BCUT2D eigenvalue weighted by Gasteiger charge is 2.45. The number of carbonyl (C=O) groups excluding carboxylic acids is 11. The molecule has 2 aromatic carbocycles. The number of aliphatic carboxylic acids is 3. The standard InChI is InChI=1S/C74H112N14O21S2/c1-3-4-17-53(78-62(92)23-22-61(91)76-24-11-34-107-36-38-109-39-37-108-35-12-25-77-63(93)42-84-28-30-85(43-64(94)95)32-33-86(31-29-84)44-65(96)97)67(98)81-56-47-110-45-51-15-8-16-52(40-51)46-111-48-57(74(105)106)82-69(100)55(41-50-13-6-5-7-14-50)80-68(99)54(20-21-60(75)90)79-71(102)66(49(2)89)83-70(101)58-18-9-26-87(58)73(104)59-19-10-27-88(59)72(56)103/h5-8,13-16,40,49,53-59,66,89H,3-4,9-12,17-39,41-48H2,1-2H3,(H2,75,90)(H,76,91)(H,77,93)(H,78,92)(H,79,102)(H,80,99)(H,81,98)(H,82,100)(H,83,101)(H,94,95)(H,96,97)(H,105,106)/t49-,53+,54+,55+,56+,57+,58+,59+,66+/m1/s1. The molecule has 0 unspecified atom stereocenters. The number of fused-ring (bicyclic) bond motifs is 4. The molecule has 3 saturated heterocycles. The lowest BCUT2D eigenvalue weighted by atomic mass is 10.0. The Morgan fingerprint density at radius 1 is 0.577 bits per heavy atom. The van der Waals surface area contributed by atoms with E-state index >= 15 is 4.79 Å². The first-order chi connectivity index (χ1) is 53.3. The quantitative estimate of drug-likeness (QED) is 0.0333. The number of unbranched alkanes of at least 4 members (excludes halogenated alkanes) is 1. The zero-order valence-corrected chi connectivity index (χ0v) is 65.0. The van der Waals surface area contributed by atoms with E-state index in [2.05, 4.69) is 42.5 Å². The molecule has 3 fully saturated rings. The molecule has 0 spiro atoms. The lowest BCUT2D eigenvalue weighted by molar-refractivity contribution is -0.148. The number of primary amides is 1. The number of aliphatic hydroxyl groups excluding tert-OH is 1. The number of nitrogens with two attached hydrogens (primary N) is 1. The van der Waals surface area contributed by atoms with E-state index in [1.54, 1.807) is 40.1 Å². The monoisotopic (exact) mass is 1600 g/mol. The highest BCUT2D eigenvalue weighted by atomic mass is 32.2. The largest absolute Gasteiger partial charge is 0.480 e. The van der Waals surface area contributed by atoms with Gasteiger partial charge < -0.3 is 92.7 Å².